The minimum atomic E-state index is -1.13. The van der Waals surface area contributed by atoms with Gasteiger partial charge in [-0.25, -0.2) is 4.79 Å². The van der Waals surface area contributed by atoms with Gasteiger partial charge in [-0.2, -0.15) is 0 Å². The Morgan fingerprint density at radius 2 is 1.95 bits per heavy atom. The fourth-order valence-corrected chi connectivity index (χ4v) is 1.48. The van der Waals surface area contributed by atoms with Gasteiger partial charge in [-0.1, -0.05) is 34.1 Å². The number of hydrazine groups is 1. The van der Waals surface area contributed by atoms with Gasteiger partial charge in [0.25, 0.3) is 6.79 Å². The van der Waals surface area contributed by atoms with E-state index in [9.17, 15) is 14.8 Å². The highest BCUT2D eigenvalue weighted by Crippen LogP contribution is 2.14. The van der Waals surface area contributed by atoms with Crippen LogP contribution in [-0.2, 0) is 19.2 Å². The minimum absolute atomic E-state index is 0.0220. The summed E-state index contributed by atoms with van der Waals surface area (Å²) < 4.78 is 4.65. The number of ether oxygens (including phenoxy) is 1. The van der Waals surface area contributed by atoms with Crippen LogP contribution in [0.4, 0.5) is 0 Å². The smallest absolute Gasteiger partial charge is 0.332 e. The van der Waals surface area contributed by atoms with Crippen LogP contribution >= 0.6 is 0 Å². The molecular formula is C12H23N3O6. The number of nitrogens with zero attached hydrogens (tertiary/aromatic N) is 3. The normalized spacial score (nSPS) is 14.5. The van der Waals surface area contributed by atoms with Crippen molar-refractivity contribution in [3.63, 3.8) is 0 Å². The second-order valence-corrected chi connectivity index (χ2v) is 4.94. The highest BCUT2D eigenvalue weighted by Gasteiger charge is 2.33. The van der Waals surface area contributed by atoms with E-state index < -0.39 is 24.8 Å². The summed E-state index contributed by atoms with van der Waals surface area (Å²) in [7, 11) is 1.30. The third-order valence-electron chi connectivity index (χ3n) is 2.96. The second-order valence-electron chi connectivity index (χ2n) is 4.94. The van der Waals surface area contributed by atoms with Crippen LogP contribution < -0.4 is 0 Å². The molecule has 0 bridgehead atoms. The molecule has 0 aliphatic carbocycles. The Kier molecular flexibility index (Phi) is 8.10. The lowest BCUT2D eigenvalue weighted by Crippen LogP contribution is -2.46. The number of rotatable bonds is 9. The molecule has 0 aliphatic rings. The van der Waals surface area contributed by atoms with E-state index >= 15 is 0 Å². The van der Waals surface area contributed by atoms with Gasteiger partial charge in [0.15, 0.2) is 6.04 Å². The third-order valence-corrected chi connectivity index (χ3v) is 2.96. The van der Waals surface area contributed by atoms with Crippen molar-refractivity contribution in [2.45, 2.75) is 40.2 Å². The number of likely N-dealkylation sites (N-methyl/N-ethyl adjacent to an activating group) is 1. The molecule has 2 atom stereocenters. The van der Waals surface area contributed by atoms with Gasteiger partial charge in [0.05, 0.1) is 17.9 Å². The predicted molar refractivity (Wildman–Crippen MR) is 71.6 cm³/mol. The van der Waals surface area contributed by atoms with Gasteiger partial charge in [-0.05, 0) is 5.92 Å². The Labute approximate surface area is 123 Å². The first-order valence-corrected chi connectivity index (χ1v) is 6.64. The van der Waals surface area contributed by atoms with Gasteiger partial charge < -0.3 is 19.9 Å². The number of carboxylic acid groups (broad SMARTS) is 1. The van der Waals surface area contributed by atoms with Crippen LogP contribution in [0.1, 0.15) is 34.1 Å². The molecule has 9 nitrogen and oxygen atoms in total. The van der Waals surface area contributed by atoms with Crippen molar-refractivity contribution in [2.24, 2.45) is 17.1 Å². The first-order chi connectivity index (χ1) is 9.72. The van der Waals surface area contributed by atoms with Crippen molar-refractivity contribution in [3.8, 4) is 0 Å². The average molecular weight is 305 g/mol. The lowest BCUT2D eigenvalue weighted by Gasteiger charge is -2.24. The van der Waals surface area contributed by atoms with Gasteiger partial charge in [-0.15, -0.1) is 5.01 Å². The molecule has 0 radical (unpaired) electrons. The van der Waals surface area contributed by atoms with Crippen LogP contribution in [-0.4, -0.2) is 46.9 Å². The molecule has 0 aromatic carbocycles. The highest BCUT2D eigenvalue weighted by atomic mass is 16.8. The maximum atomic E-state index is 11.6. The van der Waals surface area contributed by atoms with Crippen LogP contribution in [0.25, 0.3) is 0 Å². The van der Waals surface area contributed by atoms with Crippen LogP contribution in [0.5, 0.6) is 0 Å². The largest absolute Gasteiger partial charge is 0.569 e. The van der Waals surface area contributed by atoms with Crippen LogP contribution in [0, 0.1) is 17.0 Å². The second kappa shape index (κ2) is 8.98. The first-order valence-electron chi connectivity index (χ1n) is 6.64. The molecule has 0 unspecified atom stereocenters. The topological polar surface area (TPSA) is 114 Å². The zero-order valence-electron chi connectivity index (χ0n) is 13.0. The lowest BCUT2D eigenvalue weighted by molar-refractivity contribution is -0.712. The first kappa shape index (κ1) is 18.9. The molecule has 122 valence electrons. The summed E-state index contributed by atoms with van der Waals surface area (Å²) in [5.74, 6) is -2.19. The molecule has 0 spiro atoms. The number of carbonyl (C=O) groups excluding carboxylic acids is 1. The molecule has 0 aromatic heterocycles. The number of carboxylic acids is 1. The zero-order chi connectivity index (χ0) is 16.6. The number of aliphatic carboxylic acids is 1. The maximum absolute atomic E-state index is 11.6. The predicted octanol–water partition coefficient (Wildman–Crippen LogP) is 1.38. The maximum Gasteiger partial charge on any atom is 0.332 e. The van der Waals surface area contributed by atoms with E-state index in [2.05, 4.69) is 14.9 Å². The van der Waals surface area contributed by atoms with Crippen molar-refractivity contribution in [1.82, 2.24) is 5.01 Å². The molecule has 0 saturated carbocycles. The average Bonchev–Trinajstić information content (AvgIpc) is 2.42. The Hall–Kier alpha value is -2.06. The highest BCUT2D eigenvalue weighted by molar-refractivity contribution is 5.73. The van der Waals surface area contributed by atoms with E-state index in [1.807, 2.05) is 6.92 Å². The van der Waals surface area contributed by atoms with E-state index in [1.54, 1.807) is 20.8 Å². The molecule has 0 amide bonds. The standard InChI is InChI=1S/C12H23N3O6/c1-6-9(4)10(11(16)17)14(5)15(19)13-21-7-20-12(18)8(2)3/h8-10H,6-7H2,1-5H3,(H,16,17)/t9-,10+/m1/s1. The number of carbonyl (C=O) groups is 2. The molecule has 0 heterocycles. The van der Waals surface area contributed by atoms with Gasteiger partial charge in [0, 0.05) is 0 Å². The van der Waals surface area contributed by atoms with Gasteiger partial charge in [0.1, 0.15) is 0 Å². The van der Waals surface area contributed by atoms with Gasteiger partial charge in [0.2, 0.25) is 5.28 Å². The molecule has 9 heteroatoms. The monoisotopic (exact) mass is 305 g/mol. The van der Waals surface area contributed by atoms with E-state index in [0.29, 0.717) is 6.42 Å². The fourth-order valence-electron chi connectivity index (χ4n) is 1.48. The third kappa shape index (κ3) is 6.28. The Morgan fingerprint density at radius 1 is 1.38 bits per heavy atom. The molecular weight excluding hydrogens is 282 g/mol. The quantitative estimate of drug-likeness (QED) is 0.171. The number of esters is 1. The molecule has 0 aromatic rings. The van der Waals surface area contributed by atoms with Crippen molar-refractivity contribution in [3.05, 3.63) is 5.21 Å². The van der Waals surface area contributed by atoms with Crippen LogP contribution in [0.15, 0.2) is 5.28 Å². The van der Waals surface area contributed by atoms with Crippen molar-refractivity contribution >= 4 is 11.9 Å². The molecule has 0 aliphatic heterocycles. The van der Waals surface area contributed by atoms with Crippen molar-refractivity contribution in [2.75, 3.05) is 13.8 Å². The summed E-state index contributed by atoms with van der Waals surface area (Å²) in [6, 6.07) is -1.03. The molecule has 0 saturated heterocycles. The number of hydrogen-bond donors (Lipinski definition) is 1. The molecule has 21 heavy (non-hydrogen) atoms. The Balaban J connectivity index is 4.53. The van der Waals surface area contributed by atoms with E-state index in [-0.39, 0.29) is 16.8 Å². The summed E-state index contributed by atoms with van der Waals surface area (Å²) in [4.78, 5) is 26.9. The van der Waals surface area contributed by atoms with Crippen molar-refractivity contribution in [1.29, 1.82) is 0 Å². The summed E-state index contributed by atoms with van der Waals surface area (Å²) >= 11 is 0. The number of hydrogen-bond acceptors (Lipinski definition) is 6. The Bertz CT molecular complexity index is 385. The zero-order valence-corrected chi connectivity index (χ0v) is 13.0. The summed E-state index contributed by atoms with van der Waals surface area (Å²) in [5, 5.41) is 24.8. The molecule has 0 fully saturated rings. The van der Waals surface area contributed by atoms with Crippen molar-refractivity contribution < 1.29 is 29.2 Å². The van der Waals surface area contributed by atoms with Crippen LogP contribution in [0.2, 0.25) is 0 Å². The molecule has 0 rings (SSSR count). The SMILES string of the molecule is CC[C@@H](C)[C@@H](C(=O)O)N(C)[N+]([O-])=NOCOC(=O)C(C)C. The van der Waals surface area contributed by atoms with E-state index in [0.717, 1.165) is 5.01 Å². The van der Waals surface area contributed by atoms with E-state index in [1.165, 1.54) is 7.05 Å². The van der Waals surface area contributed by atoms with E-state index in [4.69, 9.17) is 5.11 Å². The minimum Gasteiger partial charge on any atom is -0.569 e. The van der Waals surface area contributed by atoms with Gasteiger partial charge in [-0.3, -0.25) is 4.79 Å². The Morgan fingerprint density at radius 3 is 2.38 bits per heavy atom. The molecule has 1 N–H and O–H groups in total. The summed E-state index contributed by atoms with van der Waals surface area (Å²) in [6.45, 7) is 6.33. The lowest BCUT2D eigenvalue weighted by atomic mass is 9.99. The van der Waals surface area contributed by atoms with Gasteiger partial charge >= 0.3 is 11.9 Å². The fraction of sp³-hybridized carbons (Fsp3) is 0.833. The van der Waals surface area contributed by atoms with Crippen LogP contribution in [0.3, 0.4) is 0 Å². The summed E-state index contributed by atoms with van der Waals surface area (Å²) in [5.41, 5.74) is 0. The summed E-state index contributed by atoms with van der Waals surface area (Å²) in [6.07, 6.45) is 0.585.